The quantitative estimate of drug-likeness (QED) is 0.352. The standard InChI is InChI=1S/C32H31FN4O2/c1-19-25-5-3-2-4-22(25)12-13-36(19)32(39)29-17-30(23-8-9-23)37-31(34-29)18-28(35-37)26-11-7-21(16-27(26)33)14-20-6-10-24(38)15-20/h2-5,7,11,14,16-19,23-24,38H,6,8-10,12-13,15H2,1H3/t19-,24-/m1/s1. The third-order valence-electron chi connectivity index (χ3n) is 8.46. The van der Waals surface area contributed by atoms with Crippen molar-refractivity contribution >= 4 is 17.6 Å². The Morgan fingerprint density at radius 3 is 2.69 bits per heavy atom. The molecular formula is C32H31FN4O2. The number of aliphatic hydroxyl groups excluding tert-OH is 1. The Morgan fingerprint density at radius 1 is 1.08 bits per heavy atom. The molecule has 2 atom stereocenters. The van der Waals surface area contributed by atoms with Crippen molar-refractivity contribution in [2.45, 2.75) is 63.5 Å². The number of aromatic nitrogens is 3. The number of hydrogen-bond donors (Lipinski definition) is 1. The molecule has 1 aliphatic heterocycles. The van der Waals surface area contributed by atoms with Gasteiger partial charge in [0.25, 0.3) is 5.91 Å². The topological polar surface area (TPSA) is 70.7 Å². The molecule has 2 fully saturated rings. The monoisotopic (exact) mass is 522 g/mol. The van der Waals surface area contributed by atoms with Gasteiger partial charge in [0, 0.05) is 29.8 Å². The first-order chi connectivity index (χ1) is 18.9. The Labute approximate surface area is 226 Å². The van der Waals surface area contributed by atoms with Crippen LogP contribution in [0.1, 0.15) is 83.9 Å². The van der Waals surface area contributed by atoms with Crippen molar-refractivity contribution < 1.29 is 14.3 Å². The van der Waals surface area contributed by atoms with Crippen LogP contribution in [-0.2, 0) is 6.42 Å². The van der Waals surface area contributed by atoms with Gasteiger partial charge >= 0.3 is 0 Å². The van der Waals surface area contributed by atoms with Crippen molar-refractivity contribution in [1.29, 1.82) is 0 Å². The summed E-state index contributed by atoms with van der Waals surface area (Å²) in [5.74, 6) is -0.101. The molecule has 7 heteroatoms. The van der Waals surface area contributed by atoms with E-state index in [-0.39, 0.29) is 23.9 Å². The van der Waals surface area contributed by atoms with Crippen LogP contribution in [0, 0.1) is 5.82 Å². The molecule has 0 unspecified atom stereocenters. The summed E-state index contributed by atoms with van der Waals surface area (Å²) in [5.41, 5.74) is 7.26. The van der Waals surface area contributed by atoms with E-state index in [1.807, 2.05) is 35.2 Å². The van der Waals surface area contributed by atoms with Crippen LogP contribution in [0.3, 0.4) is 0 Å². The second-order valence-corrected chi connectivity index (χ2v) is 11.2. The largest absolute Gasteiger partial charge is 0.393 e. The number of halogens is 1. The molecule has 39 heavy (non-hydrogen) atoms. The molecule has 198 valence electrons. The molecule has 2 aromatic carbocycles. The summed E-state index contributed by atoms with van der Waals surface area (Å²) in [6.07, 6.45) is 6.84. The average Bonchev–Trinajstić information content (AvgIpc) is 3.57. The zero-order valence-corrected chi connectivity index (χ0v) is 22.0. The third-order valence-corrected chi connectivity index (χ3v) is 8.46. The lowest BCUT2D eigenvalue weighted by atomic mass is 9.93. The van der Waals surface area contributed by atoms with E-state index in [9.17, 15) is 9.90 Å². The molecule has 3 aliphatic rings. The SMILES string of the molecule is C[C@@H]1c2ccccc2CCN1C(=O)c1cc(C2CC2)n2nc(-c3ccc(C=C4CC[C@@H](O)C4)cc3F)cc2n1. The number of aliphatic hydroxyl groups is 1. The van der Waals surface area contributed by atoms with Crippen molar-refractivity contribution in [3.8, 4) is 11.3 Å². The van der Waals surface area contributed by atoms with Crippen LogP contribution in [0.15, 0.2) is 60.2 Å². The molecule has 4 aromatic rings. The number of fused-ring (bicyclic) bond motifs is 2. The van der Waals surface area contributed by atoms with Gasteiger partial charge in [0.2, 0.25) is 0 Å². The highest BCUT2D eigenvalue weighted by Gasteiger charge is 2.32. The summed E-state index contributed by atoms with van der Waals surface area (Å²) in [6, 6.07) is 17.1. The number of benzene rings is 2. The van der Waals surface area contributed by atoms with Crippen LogP contribution < -0.4 is 0 Å². The molecule has 3 heterocycles. The molecular weight excluding hydrogens is 491 g/mol. The lowest BCUT2D eigenvalue weighted by Gasteiger charge is -2.35. The smallest absolute Gasteiger partial charge is 0.273 e. The lowest BCUT2D eigenvalue weighted by Crippen LogP contribution is -2.39. The van der Waals surface area contributed by atoms with E-state index in [2.05, 4.69) is 19.1 Å². The van der Waals surface area contributed by atoms with Gasteiger partial charge in [-0.25, -0.2) is 13.9 Å². The van der Waals surface area contributed by atoms with Gasteiger partial charge in [-0.15, -0.1) is 0 Å². The van der Waals surface area contributed by atoms with E-state index in [0.717, 1.165) is 48.9 Å². The van der Waals surface area contributed by atoms with Crippen molar-refractivity contribution in [2.75, 3.05) is 6.54 Å². The molecule has 7 rings (SSSR count). The van der Waals surface area contributed by atoms with E-state index >= 15 is 4.39 Å². The number of hydrogen-bond acceptors (Lipinski definition) is 4. The van der Waals surface area contributed by atoms with Crippen molar-refractivity contribution in [3.63, 3.8) is 0 Å². The molecule has 0 spiro atoms. The van der Waals surface area contributed by atoms with Gasteiger partial charge in [0.15, 0.2) is 5.65 Å². The first-order valence-corrected chi connectivity index (χ1v) is 13.9. The predicted octanol–water partition coefficient (Wildman–Crippen LogP) is 6.10. The summed E-state index contributed by atoms with van der Waals surface area (Å²) < 4.78 is 17.1. The van der Waals surface area contributed by atoms with Gasteiger partial charge in [-0.2, -0.15) is 5.10 Å². The second-order valence-electron chi connectivity index (χ2n) is 11.2. The Balaban J connectivity index is 1.22. The minimum atomic E-state index is -0.351. The van der Waals surface area contributed by atoms with Crippen LogP contribution in [0.4, 0.5) is 4.39 Å². The molecule has 1 amide bonds. The molecule has 2 saturated carbocycles. The second kappa shape index (κ2) is 9.42. The maximum atomic E-state index is 15.3. The van der Waals surface area contributed by atoms with E-state index in [1.165, 1.54) is 17.2 Å². The van der Waals surface area contributed by atoms with Crippen molar-refractivity contribution in [3.05, 3.63) is 94.1 Å². The normalized spacial score (nSPS) is 22.0. The van der Waals surface area contributed by atoms with Crippen molar-refractivity contribution in [2.24, 2.45) is 0 Å². The number of carbonyl (C=O) groups is 1. The average molecular weight is 523 g/mol. The number of amides is 1. The van der Waals surface area contributed by atoms with Gasteiger partial charge in [-0.05, 0) is 80.3 Å². The summed E-state index contributed by atoms with van der Waals surface area (Å²) in [4.78, 5) is 20.4. The van der Waals surface area contributed by atoms with E-state index in [1.54, 1.807) is 16.6 Å². The van der Waals surface area contributed by atoms with Gasteiger partial charge in [-0.3, -0.25) is 4.79 Å². The summed E-state index contributed by atoms with van der Waals surface area (Å²) in [7, 11) is 0. The molecule has 2 aromatic heterocycles. The minimum absolute atomic E-state index is 0.0274. The van der Waals surface area contributed by atoms with Gasteiger partial charge in [0.1, 0.15) is 11.5 Å². The Bertz CT molecular complexity index is 1640. The van der Waals surface area contributed by atoms with Crippen LogP contribution in [0.25, 0.3) is 23.0 Å². The molecule has 0 saturated heterocycles. The first-order valence-electron chi connectivity index (χ1n) is 13.9. The summed E-state index contributed by atoms with van der Waals surface area (Å²) in [6.45, 7) is 2.73. The zero-order chi connectivity index (χ0) is 26.7. The van der Waals surface area contributed by atoms with Gasteiger partial charge in [0.05, 0.1) is 17.8 Å². The fourth-order valence-electron chi connectivity index (χ4n) is 6.16. The number of carbonyl (C=O) groups excluding carboxylic acids is 1. The molecule has 1 N–H and O–H groups in total. The maximum absolute atomic E-state index is 15.3. The summed E-state index contributed by atoms with van der Waals surface area (Å²) in [5, 5.41) is 14.5. The van der Waals surface area contributed by atoms with Crippen molar-refractivity contribution in [1.82, 2.24) is 19.5 Å². The third kappa shape index (κ3) is 4.44. The highest BCUT2D eigenvalue weighted by molar-refractivity contribution is 5.93. The van der Waals surface area contributed by atoms with Crippen LogP contribution in [0.5, 0.6) is 0 Å². The minimum Gasteiger partial charge on any atom is -0.393 e. The summed E-state index contributed by atoms with van der Waals surface area (Å²) >= 11 is 0. The molecule has 0 bridgehead atoms. The molecule has 2 aliphatic carbocycles. The molecule has 6 nitrogen and oxygen atoms in total. The molecule has 0 radical (unpaired) electrons. The van der Waals surface area contributed by atoms with Gasteiger partial charge < -0.3 is 10.0 Å². The highest BCUT2D eigenvalue weighted by Crippen LogP contribution is 2.41. The van der Waals surface area contributed by atoms with E-state index in [0.29, 0.717) is 41.5 Å². The van der Waals surface area contributed by atoms with Crippen LogP contribution in [0.2, 0.25) is 0 Å². The fraction of sp³-hybridized carbons (Fsp3) is 0.344. The Kier molecular flexibility index (Phi) is 5.85. The fourth-order valence-corrected chi connectivity index (χ4v) is 6.16. The van der Waals surface area contributed by atoms with Crippen LogP contribution >= 0.6 is 0 Å². The Hall–Kier alpha value is -3.84. The highest BCUT2D eigenvalue weighted by atomic mass is 19.1. The lowest BCUT2D eigenvalue weighted by molar-refractivity contribution is 0.0671. The van der Waals surface area contributed by atoms with Crippen LogP contribution in [-0.4, -0.2) is 43.2 Å². The van der Waals surface area contributed by atoms with Gasteiger partial charge in [-0.1, -0.05) is 42.0 Å². The maximum Gasteiger partial charge on any atom is 0.273 e. The Morgan fingerprint density at radius 2 is 1.92 bits per heavy atom. The predicted molar refractivity (Wildman–Crippen MR) is 148 cm³/mol. The van der Waals surface area contributed by atoms with E-state index < -0.39 is 0 Å². The number of rotatable bonds is 4. The zero-order valence-electron chi connectivity index (χ0n) is 22.0. The number of nitrogens with zero attached hydrogens (tertiary/aromatic N) is 4. The van der Waals surface area contributed by atoms with E-state index in [4.69, 9.17) is 10.1 Å². The first kappa shape index (κ1) is 24.2.